The van der Waals surface area contributed by atoms with Crippen LogP contribution in [0.25, 0.3) is 0 Å². The normalized spacial score (nSPS) is 10.4. The van der Waals surface area contributed by atoms with Crippen molar-refractivity contribution in [2.24, 2.45) is 5.92 Å². The van der Waals surface area contributed by atoms with Gasteiger partial charge in [-0.1, -0.05) is 38.3 Å². The Morgan fingerprint density at radius 2 is 1.94 bits per heavy atom. The Hall–Kier alpha value is -1.20. The van der Waals surface area contributed by atoms with Gasteiger partial charge in [-0.25, -0.2) is 0 Å². The predicted octanol–water partition coefficient (Wildman–Crippen LogP) is 4.47. The fraction of sp³-hybridized carbons (Fsp3) is 0.533. The summed E-state index contributed by atoms with van der Waals surface area (Å²) in [5, 5.41) is 9.42. The van der Waals surface area contributed by atoms with Crippen LogP contribution < -0.4 is 4.90 Å². The lowest BCUT2D eigenvalue weighted by atomic mass is 10.0. The standard InChI is InChI=1S/C15H21ClN2/c1-4-12(5-2)11-18(6-3)14-8-7-13(10-17)15(16)9-14/h7-9,12H,4-6,11H2,1-3H3. The summed E-state index contributed by atoms with van der Waals surface area (Å²) in [5.41, 5.74) is 1.65. The van der Waals surface area contributed by atoms with Crippen molar-refractivity contribution in [3.63, 3.8) is 0 Å². The molecule has 0 saturated heterocycles. The lowest BCUT2D eigenvalue weighted by Crippen LogP contribution is -2.28. The molecule has 0 heterocycles. The first-order valence-electron chi connectivity index (χ1n) is 6.60. The molecule has 3 heteroatoms. The SMILES string of the molecule is CCC(CC)CN(CC)c1ccc(C#N)c(Cl)c1. The summed E-state index contributed by atoms with van der Waals surface area (Å²) in [5.74, 6) is 0.708. The monoisotopic (exact) mass is 264 g/mol. The number of hydrogen-bond donors (Lipinski definition) is 0. The van der Waals surface area contributed by atoms with E-state index in [0.717, 1.165) is 18.8 Å². The molecule has 0 spiro atoms. The van der Waals surface area contributed by atoms with Gasteiger partial charge in [0.1, 0.15) is 6.07 Å². The summed E-state index contributed by atoms with van der Waals surface area (Å²) in [7, 11) is 0. The molecular weight excluding hydrogens is 244 g/mol. The minimum atomic E-state index is 0.540. The van der Waals surface area contributed by atoms with E-state index >= 15 is 0 Å². The zero-order valence-electron chi connectivity index (χ0n) is 11.4. The summed E-state index contributed by atoms with van der Waals surface area (Å²) in [4.78, 5) is 2.32. The number of nitrogens with zero attached hydrogens (tertiary/aromatic N) is 2. The molecule has 1 aromatic carbocycles. The van der Waals surface area contributed by atoms with Crippen molar-refractivity contribution < 1.29 is 0 Å². The molecule has 2 nitrogen and oxygen atoms in total. The fourth-order valence-electron chi connectivity index (χ4n) is 2.07. The minimum absolute atomic E-state index is 0.540. The van der Waals surface area contributed by atoms with Gasteiger partial charge in [0.2, 0.25) is 0 Å². The van der Waals surface area contributed by atoms with Crippen molar-refractivity contribution in [1.82, 2.24) is 0 Å². The van der Waals surface area contributed by atoms with Gasteiger partial charge in [0, 0.05) is 18.8 Å². The van der Waals surface area contributed by atoms with Gasteiger partial charge < -0.3 is 4.90 Å². The zero-order valence-corrected chi connectivity index (χ0v) is 12.2. The highest BCUT2D eigenvalue weighted by Crippen LogP contribution is 2.24. The molecule has 0 aliphatic carbocycles. The molecule has 18 heavy (non-hydrogen) atoms. The number of rotatable bonds is 6. The molecule has 0 amide bonds. The van der Waals surface area contributed by atoms with Crippen LogP contribution in [0.1, 0.15) is 39.2 Å². The number of benzene rings is 1. The van der Waals surface area contributed by atoms with Gasteiger partial charge in [0.05, 0.1) is 10.6 Å². The zero-order chi connectivity index (χ0) is 13.5. The van der Waals surface area contributed by atoms with Crippen molar-refractivity contribution in [3.05, 3.63) is 28.8 Å². The summed E-state index contributed by atoms with van der Waals surface area (Å²) < 4.78 is 0. The summed E-state index contributed by atoms with van der Waals surface area (Å²) in [6.07, 6.45) is 2.38. The van der Waals surface area contributed by atoms with E-state index in [-0.39, 0.29) is 0 Å². The summed E-state index contributed by atoms with van der Waals surface area (Å²) in [6, 6.07) is 7.77. The van der Waals surface area contributed by atoms with Crippen LogP contribution in [-0.4, -0.2) is 13.1 Å². The first-order valence-corrected chi connectivity index (χ1v) is 6.98. The van der Waals surface area contributed by atoms with Gasteiger partial charge in [-0.15, -0.1) is 0 Å². The molecule has 0 fully saturated rings. The molecule has 1 aromatic rings. The molecular formula is C15H21ClN2. The van der Waals surface area contributed by atoms with Crippen LogP contribution in [-0.2, 0) is 0 Å². The topological polar surface area (TPSA) is 27.0 Å². The van der Waals surface area contributed by atoms with Gasteiger partial charge in [0.15, 0.2) is 0 Å². The quantitative estimate of drug-likeness (QED) is 0.758. The maximum Gasteiger partial charge on any atom is 0.101 e. The highest BCUT2D eigenvalue weighted by atomic mass is 35.5. The van der Waals surface area contributed by atoms with E-state index in [1.807, 2.05) is 12.1 Å². The van der Waals surface area contributed by atoms with Gasteiger partial charge in [-0.2, -0.15) is 5.26 Å². The summed E-state index contributed by atoms with van der Waals surface area (Å²) >= 11 is 6.09. The lowest BCUT2D eigenvalue weighted by Gasteiger charge is -2.27. The van der Waals surface area contributed by atoms with Crippen LogP contribution in [0.15, 0.2) is 18.2 Å². The first kappa shape index (κ1) is 14.9. The van der Waals surface area contributed by atoms with Crippen LogP contribution in [0.5, 0.6) is 0 Å². The molecule has 0 saturated carbocycles. The van der Waals surface area contributed by atoms with E-state index < -0.39 is 0 Å². The minimum Gasteiger partial charge on any atom is -0.371 e. The average molecular weight is 265 g/mol. The molecule has 98 valence electrons. The third-order valence-electron chi connectivity index (χ3n) is 3.45. The first-order chi connectivity index (χ1) is 8.65. The lowest BCUT2D eigenvalue weighted by molar-refractivity contribution is 0.486. The van der Waals surface area contributed by atoms with Crippen LogP contribution in [0, 0.1) is 17.2 Å². The van der Waals surface area contributed by atoms with Crippen molar-refractivity contribution in [3.8, 4) is 6.07 Å². The third kappa shape index (κ3) is 3.65. The van der Waals surface area contributed by atoms with Gasteiger partial charge in [0.25, 0.3) is 0 Å². The Labute approximate surface area is 115 Å². The van der Waals surface area contributed by atoms with Crippen LogP contribution in [0.3, 0.4) is 0 Å². The van der Waals surface area contributed by atoms with E-state index in [4.69, 9.17) is 16.9 Å². The largest absolute Gasteiger partial charge is 0.371 e. The predicted molar refractivity (Wildman–Crippen MR) is 78.1 cm³/mol. The Bertz CT molecular complexity index is 419. The van der Waals surface area contributed by atoms with Crippen LogP contribution in [0.2, 0.25) is 5.02 Å². The Morgan fingerprint density at radius 1 is 1.28 bits per heavy atom. The number of nitriles is 1. The number of anilines is 1. The third-order valence-corrected chi connectivity index (χ3v) is 3.77. The summed E-state index contributed by atoms with van der Waals surface area (Å²) in [6.45, 7) is 8.61. The van der Waals surface area contributed by atoms with Crippen LogP contribution >= 0.6 is 11.6 Å². The average Bonchev–Trinajstić information content (AvgIpc) is 2.40. The van der Waals surface area contributed by atoms with E-state index in [2.05, 4.69) is 31.7 Å². The molecule has 0 aromatic heterocycles. The second-order valence-electron chi connectivity index (χ2n) is 4.50. The molecule has 0 N–H and O–H groups in total. The number of halogens is 1. The van der Waals surface area contributed by atoms with E-state index in [1.54, 1.807) is 6.07 Å². The van der Waals surface area contributed by atoms with Crippen molar-refractivity contribution in [2.45, 2.75) is 33.6 Å². The Balaban J connectivity index is 2.89. The van der Waals surface area contributed by atoms with E-state index in [0.29, 0.717) is 16.5 Å². The maximum atomic E-state index is 8.88. The van der Waals surface area contributed by atoms with Gasteiger partial charge >= 0.3 is 0 Å². The van der Waals surface area contributed by atoms with E-state index in [1.165, 1.54) is 12.8 Å². The van der Waals surface area contributed by atoms with Gasteiger partial charge in [-0.3, -0.25) is 0 Å². The highest BCUT2D eigenvalue weighted by Gasteiger charge is 2.12. The van der Waals surface area contributed by atoms with E-state index in [9.17, 15) is 0 Å². The van der Waals surface area contributed by atoms with Crippen molar-refractivity contribution in [1.29, 1.82) is 5.26 Å². The van der Waals surface area contributed by atoms with Gasteiger partial charge in [-0.05, 0) is 31.0 Å². The molecule has 0 bridgehead atoms. The Morgan fingerprint density at radius 3 is 2.39 bits per heavy atom. The number of hydrogen-bond acceptors (Lipinski definition) is 2. The smallest absolute Gasteiger partial charge is 0.101 e. The second kappa shape index (κ2) is 7.28. The molecule has 0 unspecified atom stereocenters. The van der Waals surface area contributed by atoms with Crippen molar-refractivity contribution in [2.75, 3.05) is 18.0 Å². The second-order valence-corrected chi connectivity index (χ2v) is 4.90. The molecule has 0 atom stereocenters. The Kier molecular flexibility index (Phi) is 6.01. The molecule has 0 radical (unpaired) electrons. The van der Waals surface area contributed by atoms with Crippen LogP contribution in [0.4, 0.5) is 5.69 Å². The molecule has 0 aliphatic heterocycles. The van der Waals surface area contributed by atoms with Crippen molar-refractivity contribution >= 4 is 17.3 Å². The molecule has 1 rings (SSSR count). The molecule has 0 aliphatic rings. The fourth-order valence-corrected chi connectivity index (χ4v) is 2.28. The highest BCUT2D eigenvalue weighted by molar-refractivity contribution is 6.32. The maximum absolute atomic E-state index is 8.88.